The number of hydrogen-bond donors (Lipinski definition) is 0. The van der Waals surface area contributed by atoms with Crippen LogP contribution in [0.1, 0.15) is 41.3 Å². The van der Waals surface area contributed by atoms with Crippen LogP contribution in [-0.2, 0) is 6.54 Å². The number of benzene rings is 2. The van der Waals surface area contributed by atoms with Crippen molar-refractivity contribution < 1.29 is 9.15 Å². The van der Waals surface area contributed by atoms with Gasteiger partial charge in [-0.3, -0.25) is 4.90 Å². The second-order valence-electron chi connectivity index (χ2n) is 8.79. The fraction of sp³-hybridized carbons (Fsp3) is 0.333. The Labute approximate surface area is 194 Å². The molecule has 0 amide bonds. The quantitative estimate of drug-likeness (QED) is 0.393. The average molecular weight is 443 g/mol. The molecule has 1 saturated heterocycles. The van der Waals surface area contributed by atoms with Gasteiger partial charge in [0.05, 0.1) is 18.5 Å². The van der Waals surface area contributed by atoms with Gasteiger partial charge >= 0.3 is 0 Å². The lowest BCUT2D eigenvalue weighted by Gasteiger charge is -2.32. The SMILES string of the molecule is COc1ccc(C2CCN(Cc3nc(-c4ccc(-n5cccn5)cc4)oc3C)CC2)c(C)c1. The largest absolute Gasteiger partial charge is 0.497 e. The third kappa shape index (κ3) is 4.57. The molecule has 4 aromatic rings. The first-order valence-electron chi connectivity index (χ1n) is 11.5. The Hall–Kier alpha value is -3.38. The first-order chi connectivity index (χ1) is 16.1. The molecular formula is C27H30N4O2. The molecule has 0 bridgehead atoms. The summed E-state index contributed by atoms with van der Waals surface area (Å²) in [6.07, 6.45) is 6.03. The monoisotopic (exact) mass is 442 g/mol. The van der Waals surface area contributed by atoms with Gasteiger partial charge in [0.1, 0.15) is 11.5 Å². The van der Waals surface area contributed by atoms with Crippen LogP contribution in [0.5, 0.6) is 5.75 Å². The molecule has 0 aliphatic carbocycles. The van der Waals surface area contributed by atoms with Gasteiger partial charge in [-0.15, -0.1) is 0 Å². The Bertz CT molecular complexity index is 1200. The number of nitrogens with zero attached hydrogens (tertiary/aromatic N) is 4. The lowest BCUT2D eigenvalue weighted by atomic mass is 9.86. The maximum Gasteiger partial charge on any atom is 0.226 e. The first kappa shape index (κ1) is 21.5. The highest BCUT2D eigenvalue weighted by atomic mass is 16.5. The number of methoxy groups -OCH3 is 1. The normalized spacial score (nSPS) is 15.1. The lowest BCUT2D eigenvalue weighted by molar-refractivity contribution is 0.201. The molecule has 0 spiro atoms. The zero-order valence-corrected chi connectivity index (χ0v) is 19.5. The summed E-state index contributed by atoms with van der Waals surface area (Å²) in [7, 11) is 1.72. The van der Waals surface area contributed by atoms with E-state index in [9.17, 15) is 0 Å². The smallest absolute Gasteiger partial charge is 0.226 e. The van der Waals surface area contributed by atoms with Gasteiger partial charge in [0.25, 0.3) is 0 Å². The van der Waals surface area contributed by atoms with Crippen LogP contribution in [0.25, 0.3) is 17.1 Å². The number of hydrogen-bond acceptors (Lipinski definition) is 5. The number of aromatic nitrogens is 3. The second kappa shape index (κ2) is 9.24. The fourth-order valence-electron chi connectivity index (χ4n) is 4.72. The van der Waals surface area contributed by atoms with Gasteiger partial charge in [0.15, 0.2) is 0 Å². The molecule has 1 fully saturated rings. The minimum Gasteiger partial charge on any atom is -0.497 e. The number of ether oxygens (including phenoxy) is 1. The summed E-state index contributed by atoms with van der Waals surface area (Å²) in [6.45, 7) is 7.16. The van der Waals surface area contributed by atoms with Crippen molar-refractivity contribution in [3.05, 3.63) is 83.5 Å². The van der Waals surface area contributed by atoms with E-state index in [1.165, 1.54) is 11.1 Å². The van der Waals surface area contributed by atoms with Crippen molar-refractivity contribution in [3.8, 4) is 22.9 Å². The molecule has 6 nitrogen and oxygen atoms in total. The van der Waals surface area contributed by atoms with Crippen LogP contribution in [0, 0.1) is 13.8 Å². The Morgan fingerprint density at radius 1 is 1.06 bits per heavy atom. The summed E-state index contributed by atoms with van der Waals surface area (Å²) in [5, 5.41) is 4.28. The van der Waals surface area contributed by atoms with Crippen LogP contribution in [0.15, 0.2) is 65.3 Å². The van der Waals surface area contributed by atoms with Crippen LogP contribution >= 0.6 is 0 Å². The van der Waals surface area contributed by atoms with Crippen molar-refractivity contribution in [2.24, 2.45) is 0 Å². The molecule has 2 aromatic carbocycles. The van der Waals surface area contributed by atoms with Gasteiger partial charge in [-0.1, -0.05) is 6.07 Å². The molecule has 2 aromatic heterocycles. The van der Waals surface area contributed by atoms with Crippen LogP contribution in [0.4, 0.5) is 0 Å². The van der Waals surface area contributed by atoms with Crippen molar-refractivity contribution in [3.63, 3.8) is 0 Å². The van der Waals surface area contributed by atoms with Crippen molar-refractivity contribution in [1.29, 1.82) is 0 Å². The van der Waals surface area contributed by atoms with Crippen molar-refractivity contribution in [2.75, 3.05) is 20.2 Å². The topological polar surface area (TPSA) is 56.3 Å². The maximum atomic E-state index is 6.03. The highest BCUT2D eigenvalue weighted by Crippen LogP contribution is 2.33. The van der Waals surface area contributed by atoms with E-state index < -0.39 is 0 Å². The van der Waals surface area contributed by atoms with Crippen LogP contribution in [-0.4, -0.2) is 39.9 Å². The molecular weight excluding hydrogens is 412 g/mol. The first-order valence-corrected chi connectivity index (χ1v) is 11.5. The molecule has 6 heteroatoms. The Morgan fingerprint density at radius 2 is 1.85 bits per heavy atom. The van der Waals surface area contributed by atoms with Crippen molar-refractivity contribution >= 4 is 0 Å². The molecule has 0 atom stereocenters. The molecule has 0 saturated carbocycles. The summed E-state index contributed by atoms with van der Waals surface area (Å²) in [5.41, 5.74) is 5.80. The number of aryl methyl sites for hydroxylation is 2. The number of likely N-dealkylation sites (tertiary alicyclic amines) is 1. The highest BCUT2D eigenvalue weighted by Gasteiger charge is 2.23. The standard InChI is InChI=1S/C27H30N4O2/c1-19-17-24(32-3)9-10-25(19)21-11-15-30(16-12-21)18-26-20(2)33-27(29-26)22-5-7-23(8-6-22)31-14-4-13-28-31/h4-10,13-14,17,21H,11-12,15-16,18H2,1-3H3. The molecule has 0 unspecified atom stereocenters. The summed E-state index contributed by atoms with van der Waals surface area (Å²) >= 11 is 0. The molecule has 33 heavy (non-hydrogen) atoms. The van der Waals surface area contributed by atoms with E-state index in [0.717, 1.165) is 60.9 Å². The predicted molar refractivity (Wildman–Crippen MR) is 129 cm³/mol. The zero-order valence-electron chi connectivity index (χ0n) is 19.5. The van der Waals surface area contributed by atoms with Crippen LogP contribution in [0.3, 0.4) is 0 Å². The Morgan fingerprint density at radius 3 is 2.52 bits per heavy atom. The molecule has 0 radical (unpaired) electrons. The maximum absolute atomic E-state index is 6.03. The van der Waals surface area contributed by atoms with Gasteiger partial charge in [-0.2, -0.15) is 5.10 Å². The van der Waals surface area contributed by atoms with E-state index >= 15 is 0 Å². The van der Waals surface area contributed by atoms with Crippen molar-refractivity contribution in [2.45, 2.75) is 39.2 Å². The number of rotatable bonds is 6. The van der Waals surface area contributed by atoms with Crippen LogP contribution in [0.2, 0.25) is 0 Å². The van der Waals surface area contributed by atoms with Crippen LogP contribution < -0.4 is 4.74 Å². The molecule has 1 aliphatic rings. The summed E-state index contributed by atoms with van der Waals surface area (Å²) in [5.74, 6) is 3.11. The second-order valence-corrected chi connectivity index (χ2v) is 8.79. The minimum atomic E-state index is 0.606. The summed E-state index contributed by atoms with van der Waals surface area (Å²) in [4.78, 5) is 7.32. The average Bonchev–Trinajstić information content (AvgIpc) is 3.50. The minimum absolute atomic E-state index is 0.606. The van der Waals surface area contributed by atoms with Gasteiger partial charge in [0.2, 0.25) is 5.89 Å². The number of piperidine rings is 1. The van der Waals surface area contributed by atoms with Gasteiger partial charge in [0, 0.05) is 24.5 Å². The molecule has 3 heterocycles. The van der Waals surface area contributed by atoms with E-state index in [4.69, 9.17) is 14.1 Å². The van der Waals surface area contributed by atoms with Gasteiger partial charge in [-0.05, 0) is 99.3 Å². The van der Waals surface area contributed by atoms with Gasteiger partial charge in [-0.25, -0.2) is 9.67 Å². The fourth-order valence-corrected chi connectivity index (χ4v) is 4.72. The van der Waals surface area contributed by atoms with E-state index in [1.807, 2.05) is 48.1 Å². The molecule has 0 N–H and O–H groups in total. The number of oxazole rings is 1. The lowest BCUT2D eigenvalue weighted by Crippen LogP contribution is -2.33. The van der Waals surface area contributed by atoms with E-state index in [0.29, 0.717) is 11.8 Å². The molecule has 1 aliphatic heterocycles. The van der Waals surface area contributed by atoms with Gasteiger partial charge < -0.3 is 9.15 Å². The summed E-state index contributed by atoms with van der Waals surface area (Å²) in [6, 6.07) is 16.5. The third-order valence-electron chi connectivity index (χ3n) is 6.65. The predicted octanol–water partition coefficient (Wildman–Crippen LogP) is 5.53. The van der Waals surface area contributed by atoms with E-state index in [1.54, 1.807) is 13.3 Å². The Balaban J connectivity index is 1.22. The van der Waals surface area contributed by atoms with E-state index in [-0.39, 0.29) is 0 Å². The highest BCUT2D eigenvalue weighted by molar-refractivity contribution is 5.56. The summed E-state index contributed by atoms with van der Waals surface area (Å²) < 4.78 is 13.2. The third-order valence-corrected chi connectivity index (χ3v) is 6.65. The Kier molecular flexibility index (Phi) is 6.01. The molecule has 170 valence electrons. The van der Waals surface area contributed by atoms with E-state index in [2.05, 4.69) is 35.1 Å². The zero-order chi connectivity index (χ0) is 22.8. The molecule has 5 rings (SSSR count). The van der Waals surface area contributed by atoms with Crippen molar-refractivity contribution in [1.82, 2.24) is 19.7 Å².